The van der Waals surface area contributed by atoms with Gasteiger partial charge in [0.25, 0.3) is 0 Å². The summed E-state index contributed by atoms with van der Waals surface area (Å²) in [6, 6.07) is -1.04. The molecule has 8 atom stereocenters. The number of aliphatic hydroxyl groups is 5. The van der Waals surface area contributed by atoms with E-state index in [-0.39, 0.29) is 19.4 Å². The number of amides is 1. The second kappa shape index (κ2) is 54.4. The molecule has 11 heteroatoms. The Morgan fingerprint density at radius 3 is 1.38 bits per heavy atom. The first-order valence-electron chi connectivity index (χ1n) is 31.9. The van der Waals surface area contributed by atoms with E-state index < -0.39 is 67.4 Å². The minimum Gasteiger partial charge on any atom is -0.454 e. The number of nitrogens with one attached hydrogen (secondary N) is 1. The van der Waals surface area contributed by atoms with Crippen molar-refractivity contribution >= 4 is 11.9 Å². The Morgan fingerprint density at radius 2 is 0.923 bits per heavy atom. The highest BCUT2D eigenvalue weighted by atomic mass is 16.7. The Kier molecular flexibility index (Phi) is 50.8. The third-order valence-corrected chi connectivity index (χ3v) is 14.6. The second-order valence-corrected chi connectivity index (χ2v) is 21.8. The van der Waals surface area contributed by atoms with Crippen LogP contribution in [0, 0.1) is 0 Å². The summed E-state index contributed by atoms with van der Waals surface area (Å²) < 4.78 is 17.6. The third-order valence-electron chi connectivity index (χ3n) is 14.6. The van der Waals surface area contributed by atoms with Gasteiger partial charge in [-0.25, -0.2) is 0 Å². The maximum atomic E-state index is 13.4. The Bertz CT molecular complexity index is 1590. The molecule has 0 aliphatic carbocycles. The average Bonchev–Trinajstić information content (AvgIpc) is 3.44. The van der Waals surface area contributed by atoms with Gasteiger partial charge >= 0.3 is 5.97 Å². The molecule has 450 valence electrons. The molecule has 0 aromatic heterocycles. The lowest BCUT2D eigenvalue weighted by molar-refractivity contribution is -0.305. The highest BCUT2D eigenvalue weighted by molar-refractivity contribution is 5.80. The van der Waals surface area contributed by atoms with Gasteiger partial charge in [-0.2, -0.15) is 0 Å². The molecular weight excluding hydrogens is 979 g/mol. The van der Waals surface area contributed by atoms with Crippen LogP contribution in [0.2, 0.25) is 0 Å². The number of ether oxygens (including phenoxy) is 3. The number of hydrogen-bond donors (Lipinski definition) is 6. The van der Waals surface area contributed by atoms with Gasteiger partial charge in [-0.15, -0.1) is 0 Å². The standard InChI is InChI=1S/C67H117NO10/c1-4-7-10-13-16-19-22-25-27-28-29-30-31-32-33-35-36-39-42-45-48-51-54-60(71)66(75)68-58(59(70)53-50-47-44-41-38-24-21-18-15-12-9-6-3)57-76-67-65(64(74)63(73)61(56-69)77-67)78-62(72)55-52-49-46-43-40-37-34-26-23-20-17-14-11-8-5-2/h7,10,16,19,25,27,29-30,32-33,36,39,50,53,58-61,63-65,67,69-71,73-74H,4-6,8-9,11-15,17-18,20-24,26,28,31,34-35,37-38,40-49,51-52,54-57H2,1-3H3,(H,68,75)/b10-7-,19-16-,27-25-,30-29-,33-32-,39-36-,53-50+. The molecule has 1 heterocycles. The zero-order chi connectivity index (χ0) is 56.8. The average molecular weight is 1100 g/mol. The van der Waals surface area contributed by atoms with Crippen molar-refractivity contribution in [2.45, 2.75) is 314 Å². The molecule has 1 amide bonds. The van der Waals surface area contributed by atoms with E-state index in [1.165, 1.54) is 122 Å². The second-order valence-electron chi connectivity index (χ2n) is 21.8. The van der Waals surface area contributed by atoms with Crippen molar-refractivity contribution in [3.8, 4) is 0 Å². The quantitative estimate of drug-likeness (QED) is 0.0195. The molecule has 1 saturated heterocycles. The van der Waals surface area contributed by atoms with Gasteiger partial charge in [-0.1, -0.05) is 266 Å². The molecule has 1 aliphatic heterocycles. The van der Waals surface area contributed by atoms with Crippen LogP contribution in [0.3, 0.4) is 0 Å². The van der Waals surface area contributed by atoms with E-state index in [0.29, 0.717) is 12.8 Å². The van der Waals surface area contributed by atoms with Crippen molar-refractivity contribution in [2.24, 2.45) is 0 Å². The molecule has 0 radical (unpaired) electrons. The molecule has 0 aromatic rings. The molecule has 1 rings (SSSR count). The number of rotatable bonds is 53. The fourth-order valence-electron chi connectivity index (χ4n) is 9.54. The Morgan fingerprint density at radius 1 is 0.513 bits per heavy atom. The minimum atomic E-state index is -1.62. The van der Waals surface area contributed by atoms with Gasteiger partial charge < -0.3 is 45.1 Å². The predicted molar refractivity (Wildman–Crippen MR) is 324 cm³/mol. The lowest BCUT2D eigenvalue weighted by atomic mass is 9.99. The topological polar surface area (TPSA) is 175 Å². The zero-order valence-corrected chi connectivity index (χ0v) is 49.8. The summed E-state index contributed by atoms with van der Waals surface area (Å²) in [5, 5.41) is 57.0. The molecule has 11 nitrogen and oxygen atoms in total. The van der Waals surface area contributed by atoms with E-state index in [2.05, 4.69) is 99.0 Å². The summed E-state index contributed by atoms with van der Waals surface area (Å²) in [5.41, 5.74) is 0. The molecule has 1 aliphatic rings. The van der Waals surface area contributed by atoms with Crippen molar-refractivity contribution in [2.75, 3.05) is 13.2 Å². The van der Waals surface area contributed by atoms with Crippen LogP contribution < -0.4 is 5.32 Å². The molecule has 0 bridgehead atoms. The number of carbonyl (C=O) groups excluding carboxylic acids is 2. The lowest BCUT2D eigenvalue weighted by Crippen LogP contribution is -2.61. The van der Waals surface area contributed by atoms with Crippen LogP contribution in [0.15, 0.2) is 85.1 Å². The Labute approximate surface area is 476 Å². The van der Waals surface area contributed by atoms with Crippen molar-refractivity contribution in [3.05, 3.63) is 85.1 Å². The lowest BCUT2D eigenvalue weighted by Gasteiger charge is -2.41. The first-order valence-corrected chi connectivity index (χ1v) is 31.9. The summed E-state index contributed by atoms with van der Waals surface area (Å²) in [6.07, 6.45) is 60.4. The van der Waals surface area contributed by atoms with Crippen molar-refractivity contribution < 1.29 is 49.3 Å². The number of hydrogen-bond acceptors (Lipinski definition) is 10. The van der Waals surface area contributed by atoms with Crippen LogP contribution in [0.4, 0.5) is 0 Å². The fourth-order valence-corrected chi connectivity index (χ4v) is 9.54. The SMILES string of the molecule is CC/C=C\C/C=C\C/C=C\C/C=C\C/C=C\C/C=C\CCCCCC(O)C(=O)NC(COC1OC(CO)C(O)C(O)C1OC(=O)CCCCCCCCCCCCCCCCC)C(O)/C=C/CCCCCCCCCCCC. The highest BCUT2D eigenvalue weighted by Crippen LogP contribution is 2.26. The number of unbranched alkanes of at least 4 members (excludes halogenated alkanes) is 27. The monoisotopic (exact) mass is 1100 g/mol. The molecule has 78 heavy (non-hydrogen) atoms. The van der Waals surface area contributed by atoms with Crippen LogP contribution in [-0.2, 0) is 23.8 Å². The van der Waals surface area contributed by atoms with Gasteiger partial charge in [0, 0.05) is 6.42 Å². The summed E-state index contributed by atoms with van der Waals surface area (Å²) in [4.78, 5) is 26.6. The minimum absolute atomic E-state index is 0.120. The van der Waals surface area contributed by atoms with Crippen molar-refractivity contribution in [3.63, 3.8) is 0 Å². The summed E-state index contributed by atoms with van der Waals surface area (Å²) in [5.74, 6) is -1.22. The molecule has 8 unspecified atom stereocenters. The Hall–Kier alpha value is -3.16. The highest BCUT2D eigenvalue weighted by Gasteiger charge is 2.47. The molecule has 0 spiro atoms. The molecule has 0 aromatic carbocycles. The Balaban J connectivity index is 2.69. The van der Waals surface area contributed by atoms with E-state index >= 15 is 0 Å². The maximum absolute atomic E-state index is 13.4. The first kappa shape index (κ1) is 72.9. The summed E-state index contributed by atoms with van der Waals surface area (Å²) in [7, 11) is 0. The van der Waals surface area contributed by atoms with Crippen molar-refractivity contribution in [1.82, 2.24) is 5.32 Å². The van der Waals surface area contributed by atoms with Gasteiger partial charge in [-0.3, -0.25) is 9.59 Å². The molecule has 6 N–H and O–H groups in total. The van der Waals surface area contributed by atoms with Gasteiger partial charge in [0.2, 0.25) is 5.91 Å². The van der Waals surface area contributed by atoms with Crippen LogP contribution in [0.25, 0.3) is 0 Å². The largest absolute Gasteiger partial charge is 0.454 e. The van der Waals surface area contributed by atoms with Crippen LogP contribution >= 0.6 is 0 Å². The summed E-state index contributed by atoms with van der Waals surface area (Å²) >= 11 is 0. The van der Waals surface area contributed by atoms with Crippen molar-refractivity contribution in [1.29, 1.82) is 0 Å². The van der Waals surface area contributed by atoms with Gasteiger partial charge in [-0.05, 0) is 77.0 Å². The summed E-state index contributed by atoms with van der Waals surface area (Å²) in [6.45, 7) is 5.66. The van der Waals surface area contributed by atoms with E-state index in [4.69, 9.17) is 14.2 Å². The van der Waals surface area contributed by atoms with E-state index in [0.717, 1.165) is 96.3 Å². The fraction of sp³-hybridized carbons (Fsp3) is 0.761. The van der Waals surface area contributed by atoms with Gasteiger partial charge in [0.15, 0.2) is 12.4 Å². The molecule has 0 saturated carbocycles. The number of esters is 1. The number of carbonyl (C=O) groups is 2. The van der Waals surface area contributed by atoms with Crippen LogP contribution in [0.5, 0.6) is 0 Å². The van der Waals surface area contributed by atoms with E-state index in [1.807, 2.05) is 6.08 Å². The van der Waals surface area contributed by atoms with E-state index in [9.17, 15) is 35.1 Å². The predicted octanol–water partition coefficient (Wildman–Crippen LogP) is 15.3. The maximum Gasteiger partial charge on any atom is 0.306 e. The third kappa shape index (κ3) is 41.8. The first-order chi connectivity index (χ1) is 38.2. The van der Waals surface area contributed by atoms with Crippen LogP contribution in [0.1, 0.15) is 265 Å². The zero-order valence-electron chi connectivity index (χ0n) is 49.8. The smallest absolute Gasteiger partial charge is 0.306 e. The van der Waals surface area contributed by atoms with Crippen LogP contribution in [-0.4, -0.2) is 99.6 Å². The number of aliphatic hydroxyl groups excluding tert-OH is 5. The number of allylic oxidation sites excluding steroid dienone is 13. The van der Waals surface area contributed by atoms with Gasteiger partial charge in [0.1, 0.15) is 24.4 Å². The molecular formula is C67H117NO10. The normalized spacial score (nSPS) is 19.5. The molecule has 1 fully saturated rings. The van der Waals surface area contributed by atoms with Gasteiger partial charge in [0.05, 0.1) is 25.4 Å². The van der Waals surface area contributed by atoms with E-state index in [1.54, 1.807) is 6.08 Å².